The molecule has 10 heteroatoms. The Kier molecular flexibility index (Phi) is 11.7. The lowest BCUT2D eigenvalue weighted by Crippen LogP contribution is -2.31. The lowest BCUT2D eigenvalue weighted by atomic mass is 10.6. The molecule has 0 aromatic rings. The second kappa shape index (κ2) is 11.6. The fraction of sp³-hybridized carbons (Fsp3) is 1.00. The molecular weight excluding hydrogens is 362 g/mol. The van der Waals surface area contributed by atoms with Crippen molar-refractivity contribution in [1.29, 1.82) is 0 Å². The van der Waals surface area contributed by atoms with Gasteiger partial charge in [-0.25, -0.2) is 21.6 Å². The molecule has 23 heavy (non-hydrogen) atoms. The number of nitrogens with one attached hydrogen (secondary N) is 1. The first-order chi connectivity index (χ1) is 10.6. The summed E-state index contributed by atoms with van der Waals surface area (Å²) in [4.78, 5) is 0. The summed E-state index contributed by atoms with van der Waals surface area (Å²) >= 11 is 1.70. The molecule has 0 amide bonds. The maximum absolute atomic E-state index is 11.6. The molecule has 0 saturated heterocycles. The summed E-state index contributed by atoms with van der Waals surface area (Å²) in [5.74, 6) is 0.308. The van der Waals surface area contributed by atoms with Crippen LogP contribution in [0.2, 0.25) is 0 Å². The Morgan fingerprint density at radius 2 is 1.61 bits per heavy atom. The zero-order valence-electron chi connectivity index (χ0n) is 14.3. The number of sulfonamides is 1. The van der Waals surface area contributed by atoms with Crippen molar-refractivity contribution >= 4 is 31.6 Å². The minimum absolute atomic E-state index is 0.0607. The van der Waals surface area contributed by atoms with Gasteiger partial charge < -0.3 is 9.47 Å². The highest BCUT2D eigenvalue weighted by Gasteiger charge is 2.15. The van der Waals surface area contributed by atoms with Gasteiger partial charge in [-0.2, -0.15) is 11.8 Å². The van der Waals surface area contributed by atoms with Gasteiger partial charge in [0.05, 0.1) is 30.8 Å². The smallest absolute Gasteiger partial charge is 0.235 e. The Labute approximate surface area is 144 Å². The molecular formula is C13H29NO6S3. The van der Waals surface area contributed by atoms with Crippen molar-refractivity contribution in [2.24, 2.45) is 0 Å². The summed E-state index contributed by atoms with van der Waals surface area (Å²) in [5, 5.41) is 0.0561. The number of thioether (sulfide) groups is 1. The highest BCUT2D eigenvalue weighted by Crippen LogP contribution is 2.07. The van der Waals surface area contributed by atoms with Crippen molar-refractivity contribution in [2.75, 3.05) is 43.8 Å². The van der Waals surface area contributed by atoms with Crippen molar-refractivity contribution in [2.45, 2.75) is 38.2 Å². The largest absolute Gasteiger partial charge is 0.379 e. The number of ether oxygens (including phenoxy) is 2. The molecule has 0 rings (SSSR count). The van der Waals surface area contributed by atoms with E-state index in [0.717, 1.165) is 5.75 Å². The second-order valence-electron chi connectivity index (χ2n) is 5.48. The normalized spacial score (nSPS) is 13.1. The lowest BCUT2D eigenvalue weighted by Gasteiger charge is -2.10. The van der Waals surface area contributed by atoms with Crippen LogP contribution in [0.25, 0.3) is 0 Å². The van der Waals surface area contributed by atoms with E-state index in [1.165, 1.54) is 0 Å². The standard InChI is InChI=1S/C13H29NO6S3/c1-12(2)21-9-7-20-11-23(17,18)14-5-6-19-8-10-22(15,16)13(3)4/h12-14H,5-11H2,1-4H3. The molecule has 0 atom stereocenters. The van der Waals surface area contributed by atoms with Gasteiger partial charge in [0, 0.05) is 12.3 Å². The van der Waals surface area contributed by atoms with Gasteiger partial charge in [0.15, 0.2) is 15.8 Å². The Balaban J connectivity index is 3.71. The Hall–Kier alpha value is 0.130. The maximum atomic E-state index is 11.6. The average molecular weight is 392 g/mol. The monoisotopic (exact) mass is 391 g/mol. The van der Waals surface area contributed by atoms with E-state index in [1.54, 1.807) is 25.6 Å². The zero-order chi connectivity index (χ0) is 17.9. The highest BCUT2D eigenvalue weighted by atomic mass is 32.2. The molecule has 0 unspecified atom stereocenters. The van der Waals surface area contributed by atoms with Crippen LogP contribution in [0.5, 0.6) is 0 Å². The van der Waals surface area contributed by atoms with Crippen LogP contribution in [-0.4, -0.2) is 71.1 Å². The molecule has 1 N–H and O–H groups in total. The van der Waals surface area contributed by atoms with Crippen LogP contribution in [0.1, 0.15) is 27.7 Å². The van der Waals surface area contributed by atoms with Gasteiger partial charge in [-0.3, -0.25) is 0 Å². The van der Waals surface area contributed by atoms with Crippen LogP contribution in [-0.2, 0) is 29.3 Å². The Morgan fingerprint density at radius 3 is 2.17 bits per heavy atom. The van der Waals surface area contributed by atoms with E-state index < -0.39 is 25.1 Å². The third-order valence-corrected chi connectivity index (χ3v) is 7.08. The van der Waals surface area contributed by atoms with E-state index in [2.05, 4.69) is 18.6 Å². The van der Waals surface area contributed by atoms with Gasteiger partial charge in [-0.15, -0.1) is 0 Å². The Bertz CT molecular complexity index is 502. The van der Waals surface area contributed by atoms with Crippen LogP contribution in [0.4, 0.5) is 0 Å². The van der Waals surface area contributed by atoms with Crippen LogP contribution in [0.15, 0.2) is 0 Å². The summed E-state index contributed by atoms with van der Waals surface area (Å²) < 4.78 is 58.9. The van der Waals surface area contributed by atoms with Gasteiger partial charge in [0.1, 0.15) is 0 Å². The minimum atomic E-state index is -3.49. The number of rotatable bonds is 14. The van der Waals surface area contributed by atoms with E-state index in [4.69, 9.17) is 9.47 Å². The van der Waals surface area contributed by atoms with E-state index in [-0.39, 0.29) is 31.5 Å². The highest BCUT2D eigenvalue weighted by molar-refractivity contribution is 7.99. The van der Waals surface area contributed by atoms with E-state index in [1.807, 2.05) is 0 Å². The molecule has 0 aromatic heterocycles. The molecule has 0 saturated carbocycles. The molecule has 0 aromatic carbocycles. The molecule has 140 valence electrons. The predicted octanol–water partition coefficient (Wildman–Crippen LogP) is 0.861. The van der Waals surface area contributed by atoms with Gasteiger partial charge in [-0.1, -0.05) is 13.8 Å². The van der Waals surface area contributed by atoms with Crippen molar-refractivity contribution in [3.8, 4) is 0 Å². The van der Waals surface area contributed by atoms with Crippen LogP contribution >= 0.6 is 11.8 Å². The van der Waals surface area contributed by atoms with Gasteiger partial charge >= 0.3 is 0 Å². The fourth-order valence-corrected chi connectivity index (χ4v) is 3.66. The summed E-state index contributed by atoms with van der Waals surface area (Å²) in [6.07, 6.45) is 0. The van der Waals surface area contributed by atoms with Crippen LogP contribution < -0.4 is 4.72 Å². The molecule has 0 radical (unpaired) electrons. The third kappa shape index (κ3) is 13.1. The summed E-state index contributed by atoms with van der Waals surface area (Å²) in [7, 11) is -6.61. The van der Waals surface area contributed by atoms with Crippen molar-refractivity contribution < 1.29 is 26.3 Å². The first kappa shape index (κ1) is 23.1. The molecule has 0 spiro atoms. The summed E-state index contributed by atoms with van der Waals surface area (Å²) in [5.41, 5.74) is 0. The second-order valence-corrected chi connectivity index (χ2v) is 11.6. The summed E-state index contributed by atoms with van der Waals surface area (Å²) in [6, 6.07) is 0. The third-order valence-electron chi connectivity index (χ3n) is 2.72. The van der Waals surface area contributed by atoms with E-state index >= 15 is 0 Å². The van der Waals surface area contributed by atoms with E-state index in [0.29, 0.717) is 11.9 Å². The quantitative estimate of drug-likeness (QED) is 0.439. The SMILES string of the molecule is CC(C)SCCOCS(=O)(=O)NCCOCCS(=O)(=O)C(C)C. The van der Waals surface area contributed by atoms with Crippen LogP contribution in [0, 0.1) is 0 Å². The maximum Gasteiger partial charge on any atom is 0.235 e. The molecule has 0 aliphatic rings. The molecule has 0 aliphatic carbocycles. The number of sulfone groups is 1. The molecule has 0 bridgehead atoms. The van der Waals surface area contributed by atoms with Crippen molar-refractivity contribution in [3.05, 3.63) is 0 Å². The van der Waals surface area contributed by atoms with Crippen LogP contribution in [0.3, 0.4) is 0 Å². The first-order valence-corrected chi connectivity index (χ1v) is 11.9. The predicted molar refractivity (Wildman–Crippen MR) is 95.1 cm³/mol. The van der Waals surface area contributed by atoms with Crippen molar-refractivity contribution in [1.82, 2.24) is 4.72 Å². The molecule has 0 fully saturated rings. The minimum Gasteiger partial charge on any atom is -0.379 e. The molecule has 7 nitrogen and oxygen atoms in total. The Morgan fingerprint density at radius 1 is 0.957 bits per heavy atom. The van der Waals surface area contributed by atoms with Gasteiger partial charge in [0.25, 0.3) is 0 Å². The van der Waals surface area contributed by atoms with E-state index in [9.17, 15) is 16.8 Å². The average Bonchev–Trinajstić information content (AvgIpc) is 2.41. The number of hydrogen-bond acceptors (Lipinski definition) is 7. The van der Waals surface area contributed by atoms with Gasteiger partial charge in [-0.05, 0) is 19.1 Å². The molecule has 0 aliphatic heterocycles. The summed E-state index contributed by atoms with van der Waals surface area (Å²) in [6.45, 7) is 8.01. The topological polar surface area (TPSA) is 98.8 Å². The fourth-order valence-electron chi connectivity index (χ4n) is 1.34. The number of hydrogen-bond donors (Lipinski definition) is 1. The molecule has 0 heterocycles. The lowest BCUT2D eigenvalue weighted by molar-refractivity contribution is 0.153. The first-order valence-electron chi connectivity index (χ1n) is 7.53. The van der Waals surface area contributed by atoms with Gasteiger partial charge in [0.2, 0.25) is 10.0 Å². The van der Waals surface area contributed by atoms with Crippen molar-refractivity contribution in [3.63, 3.8) is 0 Å². The zero-order valence-corrected chi connectivity index (χ0v) is 16.7.